The van der Waals surface area contributed by atoms with E-state index in [1.54, 1.807) is 0 Å². The summed E-state index contributed by atoms with van der Waals surface area (Å²) in [5, 5.41) is 11.4. The lowest BCUT2D eigenvalue weighted by Gasteiger charge is -2.22. The van der Waals surface area contributed by atoms with Crippen LogP contribution in [0.1, 0.15) is 26.2 Å². The molecule has 0 radical (unpaired) electrons. The minimum atomic E-state index is -0.342. The summed E-state index contributed by atoms with van der Waals surface area (Å²) in [6.45, 7) is 3.20. The highest BCUT2D eigenvalue weighted by Gasteiger charge is 2.22. The summed E-state index contributed by atoms with van der Waals surface area (Å²) >= 11 is 0. The average Bonchev–Trinajstić information content (AvgIpc) is 2.26. The lowest BCUT2D eigenvalue weighted by molar-refractivity contribution is -0.128. The number of nitrogens with zero attached hydrogens (tertiary/aromatic N) is 1. The monoisotopic (exact) mass is 196 g/mol. The number of hydrogen-bond donors (Lipinski definition) is 1. The number of amides is 1. The topological polar surface area (TPSA) is 62.1 Å². The molecule has 1 rings (SSSR count). The molecule has 0 aliphatic carbocycles. The van der Waals surface area contributed by atoms with Crippen molar-refractivity contribution >= 4 is 5.91 Å². The summed E-state index contributed by atoms with van der Waals surface area (Å²) in [5.74, 6) is 0.0350. The van der Waals surface area contributed by atoms with E-state index in [9.17, 15) is 4.79 Å². The Bertz CT molecular complexity index is 229. The fourth-order valence-electron chi connectivity index (χ4n) is 1.47. The first kappa shape index (κ1) is 11.0. The predicted octanol–water partition coefficient (Wildman–Crippen LogP) is 0.831. The standard InChI is InChI=1S/C10H16N2O2/c1-2-9(7-11)12-10(13)8-3-5-14-6-4-8/h8-9H,2-6H2,1H3,(H,12,13). The molecule has 1 atom stereocenters. The van der Waals surface area contributed by atoms with Crippen molar-refractivity contribution in [2.75, 3.05) is 13.2 Å². The first-order valence-corrected chi connectivity index (χ1v) is 5.05. The molecule has 1 aliphatic heterocycles. The summed E-state index contributed by atoms with van der Waals surface area (Å²) in [5.41, 5.74) is 0. The minimum absolute atomic E-state index is 0.00157. The molecule has 78 valence electrons. The average molecular weight is 196 g/mol. The second-order valence-corrected chi connectivity index (χ2v) is 3.49. The van der Waals surface area contributed by atoms with Crippen LogP contribution in [0.4, 0.5) is 0 Å². The normalized spacial score (nSPS) is 19.7. The van der Waals surface area contributed by atoms with E-state index >= 15 is 0 Å². The van der Waals surface area contributed by atoms with Crippen LogP contribution in [0.2, 0.25) is 0 Å². The smallest absolute Gasteiger partial charge is 0.224 e. The zero-order chi connectivity index (χ0) is 10.4. The summed E-state index contributed by atoms with van der Waals surface area (Å²) in [7, 11) is 0. The van der Waals surface area contributed by atoms with Crippen LogP contribution in [0.3, 0.4) is 0 Å². The SMILES string of the molecule is CCC(C#N)NC(=O)C1CCOCC1. The van der Waals surface area contributed by atoms with Gasteiger partial charge in [-0.05, 0) is 19.3 Å². The zero-order valence-electron chi connectivity index (χ0n) is 8.45. The van der Waals surface area contributed by atoms with Crippen LogP contribution in [0.25, 0.3) is 0 Å². The van der Waals surface area contributed by atoms with Crippen LogP contribution >= 0.6 is 0 Å². The molecule has 1 heterocycles. The van der Waals surface area contributed by atoms with Crippen molar-refractivity contribution in [3.63, 3.8) is 0 Å². The third kappa shape index (κ3) is 3.00. The fraction of sp³-hybridized carbons (Fsp3) is 0.800. The number of hydrogen-bond acceptors (Lipinski definition) is 3. The van der Waals surface area contributed by atoms with Crippen LogP contribution in [-0.2, 0) is 9.53 Å². The molecule has 4 heteroatoms. The van der Waals surface area contributed by atoms with Crippen molar-refractivity contribution in [3.8, 4) is 6.07 Å². The van der Waals surface area contributed by atoms with Crippen molar-refractivity contribution in [2.45, 2.75) is 32.2 Å². The summed E-state index contributed by atoms with van der Waals surface area (Å²) < 4.78 is 5.16. The van der Waals surface area contributed by atoms with Gasteiger partial charge in [0.15, 0.2) is 0 Å². The molecular weight excluding hydrogens is 180 g/mol. The zero-order valence-corrected chi connectivity index (χ0v) is 8.45. The number of carbonyl (C=O) groups excluding carboxylic acids is 1. The predicted molar refractivity (Wildman–Crippen MR) is 51.4 cm³/mol. The van der Waals surface area contributed by atoms with Crippen molar-refractivity contribution < 1.29 is 9.53 Å². The van der Waals surface area contributed by atoms with Crippen LogP contribution in [0, 0.1) is 17.2 Å². The molecule has 1 unspecified atom stereocenters. The lowest BCUT2D eigenvalue weighted by atomic mass is 9.99. The number of nitriles is 1. The van der Waals surface area contributed by atoms with E-state index in [1.807, 2.05) is 6.92 Å². The maximum absolute atomic E-state index is 11.6. The van der Waals surface area contributed by atoms with Crippen LogP contribution in [0.5, 0.6) is 0 Å². The number of ether oxygens (including phenoxy) is 1. The maximum atomic E-state index is 11.6. The van der Waals surface area contributed by atoms with Gasteiger partial charge >= 0.3 is 0 Å². The van der Waals surface area contributed by atoms with Crippen molar-refractivity contribution in [1.82, 2.24) is 5.32 Å². The van der Waals surface area contributed by atoms with Gasteiger partial charge in [0.1, 0.15) is 6.04 Å². The highest BCUT2D eigenvalue weighted by atomic mass is 16.5. The van der Waals surface area contributed by atoms with Gasteiger partial charge in [0.25, 0.3) is 0 Å². The number of rotatable bonds is 3. The Labute approximate surface area is 84.2 Å². The Balaban J connectivity index is 2.36. The maximum Gasteiger partial charge on any atom is 0.224 e. The van der Waals surface area contributed by atoms with Gasteiger partial charge in [-0.3, -0.25) is 4.79 Å². The molecule has 0 spiro atoms. The van der Waals surface area contributed by atoms with Gasteiger partial charge in [-0.15, -0.1) is 0 Å². The van der Waals surface area contributed by atoms with Crippen LogP contribution in [0.15, 0.2) is 0 Å². The Morgan fingerprint density at radius 3 is 2.79 bits per heavy atom. The Morgan fingerprint density at radius 1 is 1.64 bits per heavy atom. The van der Waals surface area contributed by atoms with Gasteiger partial charge in [-0.2, -0.15) is 5.26 Å². The molecule has 1 amide bonds. The van der Waals surface area contributed by atoms with Crippen LogP contribution in [-0.4, -0.2) is 25.2 Å². The number of nitrogens with one attached hydrogen (secondary N) is 1. The molecule has 0 saturated carbocycles. The molecule has 4 nitrogen and oxygen atoms in total. The van der Waals surface area contributed by atoms with Gasteiger partial charge in [-0.25, -0.2) is 0 Å². The molecule has 1 fully saturated rings. The first-order chi connectivity index (χ1) is 6.77. The highest BCUT2D eigenvalue weighted by Crippen LogP contribution is 2.14. The van der Waals surface area contributed by atoms with Crippen LogP contribution < -0.4 is 5.32 Å². The van der Waals surface area contributed by atoms with E-state index < -0.39 is 0 Å². The molecule has 0 aromatic rings. The molecular formula is C10H16N2O2. The van der Waals surface area contributed by atoms with Crippen molar-refractivity contribution in [2.24, 2.45) is 5.92 Å². The fourth-order valence-corrected chi connectivity index (χ4v) is 1.47. The minimum Gasteiger partial charge on any atom is -0.381 e. The third-order valence-corrected chi connectivity index (χ3v) is 2.47. The second-order valence-electron chi connectivity index (χ2n) is 3.49. The van der Waals surface area contributed by atoms with E-state index in [0.717, 1.165) is 12.8 Å². The molecule has 1 saturated heterocycles. The Morgan fingerprint density at radius 2 is 2.29 bits per heavy atom. The molecule has 1 aliphatic rings. The summed E-state index contributed by atoms with van der Waals surface area (Å²) in [6, 6.07) is 1.72. The van der Waals surface area contributed by atoms with Crippen molar-refractivity contribution in [1.29, 1.82) is 5.26 Å². The molecule has 14 heavy (non-hydrogen) atoms. The largest absolute Gasteiger partial charge is 0.381 e. The summed E-state index contributed by atoms with van der Waals surface area (Å²) in [6.07, 6.45) is 2.20. The number of carbonyl (C=O) groups is 1. The molecule has 0 aromatic heterocycles. The van der Waals surface area contributed by atoms with Gasteiger partial charge in [0.2, 0.25) is 5.91 Å². The van der Waals surface area contributed by atoms with E-state index in [4.69, 9.17) is 10.00 Å². The van der Waals surface area contributed by atoms with E-state index in [2.05, 4.69) is 11.4 Å². The first-order valence-electron chi connectivity index (χ1n) is 5.05. The highest BCUT2D eigenvalue weighted by molar-refractivity contribution is 5.79. The molecule has 0 aromatic carbocycles. The molecule has 1 N–H and O–H groups in total. The van der Waals surface area contributed by atoms with Crippen molar-refractivity contribution in [3.05, 3.63) is 0 Å². The third-order valence-electron chi connectivity index (χ3n) is 2.47. The molecule has 0 bridgehead atoms. The van der Waals surface area contributed by atoms with Gasteiger partial charge < -0.3 is 10.1 Å². The second kappa shape index (κ2) is 5.61. The summed E-state index contributed by atoms with van der Waals surface area (Å²) in [4.78, 5) is 11.6. The van der Waals surface area contributed by atoms with Gasteiger partial charge in [0, 0.05) is 19.1 Å². The van der Waals surface area contributed by atoms with E-state index in [-0.39, 0.29) is 17.9 Å². The van der Waals surface area contributed by atoms with E-state index in [0.29, 0.717) is 19.6 Å². The van der Waals surface area contributed by atoms with Gasteiger partial charge in [0.05, 0.1) is 6.07 Å². The quantitative estimate of drug-likeness (QED) is 0.727. The van der Waals surface area contributed by atoms with E-state index in [1.165, 1.54) is 0 Å². The Kier molecular flexibility index (Phi) is 4.41. The Hall–Kier alpha value is -1.08. The van der Waals surface area contributed by atoms with Gasteiger partial charge in [-0.1, -0.05) is 6.92 Å². The lowest BCUT2D eigenvalue weighted by Crippen LogP contribution is -2.39.